The number of rotatable bonds is 8. The number of nitrogens with one attached hydrogen (secondary N) is 2. The van der Waals surface area contributed by atoms with Crippen molar-refractivity contribution >= 4 is 52.2 Å². The van der Waals surface area contributed by atoms with Crippen LogP contribution < -0.4 is 15.5 Å². The van der Waals surface area contributed by atoms with Crippen molar-refractivity contribution in [1.82, 2.24) is 0 Å². The van der Waals surface area contributed by atoms with Gasteiger partial charge >= 0.3 is 6.18 Å². The molecule has 4 aromatic rings. The fourth-order valence-corrected chi connectivity index (χ4v) is 5.00. The number of hydrogen-bond donors (Lipinski definition) is 2. The van der Waals surface area contributed by atoms with Crippen LogP contribution in [0.4, 0.5) is 35.9 Å². The summed E-state index contributed by atoms with van der Waals surface area (Å²) in [6.45, 7) is 0. The van der Waals surface area contributed by atoms with Crippen LogP contribution in [-0.2, 0) is 15.8 Å². The number of nitrogens with zero attached hydrogens (tertiary/aromatic N) is 2. The van der Waals surface area contributed by atoms with Crippen LogP contribution in [0.5, 0.6) is 0 Å². The Morgan fingerprint density at radius 3 is 2.00 bits per heavy atom. The second-order valence-electron chi connectivity index (χ2n) is 9.07. The van der Waals surface area contributed by atoms with Crippen LogP contribution >= 0.6 is 11.8 Å². The van der Waals surface area contributed by atoms with Crippen molar-refractivity contribution in [2.24, 2.45) is 0 Å². The van der Waals surface area contributed by atoms with E-state index in [0.717, 1.165) is 40.9 Å². The van der Waals surface area contributed by atoms with E-state index >= 15 is 0 Å². The molecular weight excluding hydrogens is 585 g/mol. The van der Waals surface area contributed by atoms with E-state index in [9.17, 15) is 37.7 Å². The molecule has 13 heteroatoms. The van der Waals surface area contributed by atoms with Crippen molar-refractivity contribution in [1.29, 1.82) is 0 Å². The van der Waals surface area contributed by atoms with E-state index in [2.05, 4.69) is 10.6 Å². The average molecular weight is 605 g/mol. The van der Waals surface area contributed by atoms with Gasteiger partial charge in [0.2, 0.25) is 0 Å². The minimum Gasteiger partial charge on any atom is -0.350 e. The molecule has 0 radical (unpaired) electrons. The van der Waals surface area contributed by atoms with Crippen LogP contribution in [0.25, 0.3) is 0 Å². The highest BCUT2D eigenvalue weighted by Gasteiger charge is 2.40. The maximum absolute atomic E-state index is 13.5. The maximum Gasteiger partial charge on any atom is 0.416 e. The molecule has 5 rings (SSSR count). The topological polar surface area (TPSA) is 122 Å². The molecule has 0 aromatic heterocycles. The Bertz CT molecular complexity index is 1740. The van der Waals surface area contributed by atoms with Gasteiger partial charge in [-0.15, -0.1) is 0 Å². The number of nitro groups is 1. The molecule has 1 aliphatic rings. The van der Waals surface area contributed by atoms with Gasteiger partial charge in [0.15, 0.2) is 0 Å². The highest BCUT2D eigenvalue weighted by Crippen LogP contribution is 2.39. The Labute approximate surface area is 246 Å². The third kappa shape index (κ3) is 6.41. The second-order valence-corrected chi connectivity index (χ2v) is 10.2. The lowest BCUT2D eigenvalue weighted by Gasteiger charge is -2.16. The summed E-state index contributed by atoms with van der Waals surface area (Å²) in [5, 5.41) is 16.5. The summed E-state index contributed by atoms with van der Waals surface area (Å²) >= 11 is 0.973. The van der Waals surface area contributed by atoms with E-state index in [0.29, 0.717) is 16.3 Å². The van der Waals surface area contributed by atoms with Gasteiger partial charge in [0, 0.05) is 34.0 Å². The fraction of sp³-hybridized carbons (Fsp3) is 0.0333. The number of thioether (sulfide) groups is 1. The Balaban J connectivity index is 1.37. The summed E-state index contributed by atoms with van der Waals surface area (Å²) in [5.41, 5.74) is 0.0162. The molecule has 1 heterocycles. The monoisotopic (exact) mass is 604 g/mol. The Morgan fingerprint density at radius 2 is 1.42 bits per heavy atom. The number of carbonyl (C=O) groups is 3. The van der Waals surface area contributed by atoms with E-state index in [1.165, 1.54) is 24.3 Å². The molecule has 0 atom stereocenters. The van der Waals surface area contributed by atoms with E-state index in [4.69, 9.17) is 0 Å². The number of alkyl halides is 3. The number of hydrogen-bond acceptors (Lipinski definition) is 7. The zero-order chi connectivity index (χ0) is 30.7. The SMILES string of the molecule is O=C(Nc1ccc(SC2=C(Nc3ccccc3)C(=O)N(c3ccc(C(F)(F)F)cc3)C2=O)cc1)c1ccc([N+](=O)[O-])cc1. The van der Waals surface area contributed by atoms with Crippen LogP contribution in [0.15, 0.2) is 119 Å². The van der Waals surface area contributed by atoms with Crippen molar-refractivity contribution in [3.05, 3.63) is 135 Å². The summed E-state index contributed by atoms with van der Waals surface area (Å²) in [6, 6.07) is 23.8. The van der Waals surface area contributed by atoms with Crippen molar-refractivity contribution in [3.63, 3.8) is 0 Å². The number of anilines is 3. The molecule has 0 saturated heterocycles. The van der Waals surface area contributed by atoms with Gasteiger partial charge in [-0.05, 0) is 72.8 Å². The van der Waals surface area contributed by atoms with Crippen LogP contribution in [0, 0.1) is 10.1 Å². The molecule has 0 aliphatic carbocycles. The van der Waals surface area contributed by atoms with Gasteiger partial charge in [0.1, 0.15) is 10.6 Å². The summed E-state index contributed by atoms with van der Waals surface area (Å²) in [5.74, 6) is -1.94. The fourth-order valence-electron chi connectivity index (χ4n) is 4.08. The quantitative estimate of drug-likeness (QED) is 0.128. The van der Waals surface area contributed by atoms with Crippen molar-refractivity contribution in [3.8, 4) is 0 Å². The largest absolute Gasteiger partial charge is 0.416 e. The van der Waals surface area contributed by atoms with Gasteiger partial charge in [-0.3, -0.25) is 24.5 Å². The molecule has 0 spiro atoms. The molecule has 0 fully saturated rings. The molecule has 216 valence electrons. The number of halogens is 3. The number of amides is 3. The van der Waals surface area contributed by atoms with Crippen LogP contribution in [0.1, 0.15) is 15.9 Å². The van der Waals surface area contributed by atoms with Gasteiger partial charge in [0.05, 0.1) is 16.2 Å². The molecule has 43 heavy (non-hydrogen) atoms. The first-order chi connectivity index (χ1) is 20.5. The summed E-state index contributed by atoms with van der Waals surface area (Å²) in [4.78, 5) is 51.1. The average Bonchev–Trinajstić information content (AvgIpc) is 3.22. The van der Waals surface area contributed by atoms with Gasteiger partial charge < -0.3 is 10.6 Å². The van der Waals surface area contributed by atoms with Crippen molar-refractivity contribution < 1.29 is 32.5 Å². The molecule has 0 saturated carbocycles. The predicted molar refractivity (Wildman–Crippen MR) is 154 cm³/mol. The molecule has 0 bridgehead atoms. The molecule has 0 unspecified atom stereocenters. The van der Waals surface area contributed by atoms with Gasteiger partial charge in [-0.1, -0.05) is 30.0 Å². The van der Waals surface area contributed by atoms with Crippen LogP contribution in [0.2, 0.25) is 0 Å². The Kier molecular flexibility index (Phi) is 7.99. The predicted octanol–water partition coefficient (Wildman–Crippen LogP) is 6.86. The summed E-state index contributed by atoms with van der Waals surface area (Å²) in [6.07, 6.45) is -4.58. The van der Waals surface area contributed by atoms with Gasteiger partial charge in [0.25, 0.3) is 23.4 Å². The zero-order valence-electron chi connectivity index (χ0n) is 21.8. The number of benzene rings is 4. The molecule has 2 N–H and O–H groups in total. The lowest BCUT2D eigenvalue weighted by atomic mass is 10.2. The van der Waals surface area contributed by atoms with Gasteiger partial charge in [-0.25, -0.2) is 4.90 Å². The van der Waals surface area contributed by atoms with Gasteiger partial charge in [-0.2, -0.15) is 13.2 Å². The third-order valence-electron chi connectivity index (χ3n) is 6.21. The summed E-state index contributed by atoms with van der Waals surface area (Å²) < 4.78 is 39.2. The first kappa shape index (κ1) is 29.1. The Hall–Kier alpha value is -5.43. The van der Waals surface area contributed by atoms with Crippen molar-refractivity contribution in [2.45, 2.75) is 11.1 Å². The number of para-hydroxylation sites is 1. The molecule has 4 aromatic carbocycles. The minimum atomic E-state index is -4.58. The first-order valence-electron chi connectivity index (χ1n) is 12.5. The smallest absolute Gasteiger partial charge is 0.350 e. The van der Waals surface area contributed by atoms with E-state index in [1.807, 2.05) is 0 Å². The third-order valence-corrected chi connectivity index (χ3v) is 7.30. The maximum atomic E-state index is 13.5. The number of imide groups is 1. The number of carbonyl (C=O) groups excluding carboxylic acids is 3. The lowest BCUT2D eigenvalue weighted by molar-refractivity contribution is -0.384. The highest BCUT2D eigenvalue weighted by molar-refractivity contribution is 8.04. The zero-order valence-corrected chi connectivity index (χ0v) is 22.6. The van der Waals surface area contributed by atoms with E-state index < -0.39 is 34.4 Å². The van der Waals surface area contributed by atoms with E-state index in [-0.39, 0.29) is 27.5 Å². The molecule has 9 nitrogen and oxygen atoms in total. The Morgan fingerprint density at radius 1 is 0.791 bits per heavy atom. The molecule has 3 amide bonds. The van der Waals surface area contributed by atoms with Crippen molar-refractivity contribution in [2.75, 3.05) is 15.5 Å². The number of non-ortho nitro benzene ring substituents is 1. The molecule has 1 aliphatic heterocycles. The first-order valence-corrected chi connectivity index (χ1v) is 13.3. The highest BCUT2D eigenvalue weighted by atomic mass is 32.2. The summed E-state index contributed by atoms with van der Waals surface area (Å²) in [7, 11) is 0. The van der Waals surface area contributed by atoms with Crippen LogP contribution in [-0.4, -0.2) is 22.6 Å². The second kappa shape index (κ2) is 11.8. The lowest BCUT2D eigenvalue weighted by Crippen LogP contribution is -2.32. The normalized spacial score (nSPS) is 13.3. The minimum absolute atomic E-state index is 0.0183. The number of nitro benzene ring substituents is 1. The standard InChI is InChI=1S/C30H19F3N4O5S/c31-30(32,33)19-8-14-22(15-9-19)36-28(39)25(34-20-4-2-1-3-5-20)26(29(36)40)43-24-16-10-21(11-17-24)35-27(38)18-6-12-23(13-7-18)37(41)42/h1-17,34H,(H,35,38). The van der Waals surface area contributed by atoms with E-state index in [1.54, 1.807) is 54.6 Å². The van der Waals surface area contributed by atoms with Crippen LogP contribution in [0.3, 0.4) is 0 Å². The molecular formula is C30H19F3N4O5S.